The van der Waals surface area contributed by atoms with Crippen molar-refractivity contribution in [2.24, 2.45) is 4.99 Å². The van der Waals surface area contributed by atoms with Crippen LogP contribution in [0, 0.1) is 0 Å². The normalized spacial score (nSPS) is 21.7. The first-order chi connectivity index (χ1) is 12.8. The fourth-order valence-corrected chi connectivity index (χ4v) is 5.23. The van der Waals surface area contributed by atoms with Crippen molar-refractivity contribution in [1.29, 1.82) is 0 Å². The summed E-state index contributed by atoms with van der Waals surface area (Å²) in [5, 5.41) is 8.25. The van der Waals surface area contributed by atoms with Crippen molar-refractivity contribution in [1.82, 2.24) is 15.6 Å². The van der Waals surface area contributed by atoms with E-state index in [1.165, 1.54) is 0 Å². The fraction of sp³-hybridized carbons (Fsp3) is 0.765. The molecule has 1 heterocycles. The maximum Gasteiger partial charge on any atom is 0.434 e. The lowest BCUT2D eigenvalue weighted by molar-refractivity contribution is -0.140. The van der Waals surface area contributed by atoms with Crippen molar-refractivity contribution in [2.75, 3.05) is 18.8 Å². The number of aliphatic imine (C=N–C) groups is 1. The van der Waals surface area contributed by atoms with Gasteiger partial charge in [-0.1, -0.05) is 13.3 Å². The van der Waals surface area contributed by atoms with Gasteiger partial charge in [-0.2, -0.15) is 13.2 Å². The van der Waals surface area contributed by atoms with Crippen molar-refractivity contribution in [2.45, 2.75) is 63.4 Å². The fourth-order valence-electron chi connectivity index (χ4n) is 3.08. The van der Waals surface area contributed by atoms with E-state index in [4.69, 9.17) is 0 Å². The van der Waals surface area contributed by atoms with E-state index in [2.05, 4.69) is 20.6 Å². The molecule has 0 spiro atoms. The number of alkyl halides is 3. The molecule has 28 heavy (non-hydrogen) atoms. The summed E-state index contributed by atoms with van der Waals surface area (Å²) in [5.41, 5.74) is -0.839. The van der Waals surface area contributed by atoms with Gasteiger partial charge in [0.15, 0.2) is 11.7 Å². The first-order valence-electron chi connectivity index (χ1n) is 9.27. The van der Waals surface area contributed by atoms with Crippen LogP contribution in [0.4, 0.5) is 13.2 Å². The molecule has 2 rings (SSSR count). The first-order valence-corrected chi connectivity index (χ1v) is 11.5. The third kappa shape index (κ3) is 8.13. The summed E-state index contributed by atoms with van der Waals surface area (Å²) in [6, 6.07) is 0.216. The molecular formula is C17H28F3IN4OS2. The van der Waals surface area contributed by atoms with Crippen LogP contribution in [0.5, 0.6) is 0 Å². The van der Waals surface area contributed by atoms with Crippen molar-refractivity contribution in [3.8, 4) is 0 Å². The van der Waals surface area contributed by atoms with Gasteiger partial charge in [0.1, 0.15) is 0 Å². The van der Waals surface area contributed by atoms with E-state index in [-0.39, 0.29) is 35.3 Å². The molecule has 0 saturated heterocycles. The molecule has 11 heteroatoms. The molecule has 3 atom stereocenters. The van der Waals surface area contributed by atoms with Crippen LogP contribution in [0.3, 0.4) is 0 Å². The Hall–Kier alpha value is -0.430. The van der Waals surface area contributed by atoms with E-state index in [1.54, 1.807) is 0 Å². The number of halogens is 4. The van der Waals surface area contributed by atoms with Gasteiger partial charge in [-0.25, -0.2) is 4.98 Å². The van der Waals surface area contributed by atoms with Gasteiger partial charge < -0.3 is 10.6 Å². The largest absolute Gasteiger partial charge is 0.434 e. The Morgan fingerprint density at radius 1 is 1.39 bits per heavy atom. The monoisotopic (exact) mass is 552 g/mol. The van der Waals surface area contributed by atoms with Gasteiger partial charge in [-0.05, 0) is 26.2 Å². The molecular weight excluding hydrogens is 524 g/mol. The molecule has 0 radical (unpaired) electrons. The van der Waals surface area contributed by atoms with Gasteiger partial charge in [-0.15, -0.1) is 35.3 Å². The third-order valence-corrected chi connectivity index (χ3v) is 7.05. The predicted octanol–water partition coefficient (Wildman–Crippen LogP) is 3.96. The van der Waals surface area contributed by atoms with Gasteiger partial charge in [0.05, 0.1) is 5.01 Å². The van der Waals surface area contributed by atoms with Crippen LogP contribution in [-0.4, -0.2) is 45.3 Å². The van der Waals surface area contributed by atoms with Crippen LogP contribution in [0.1, 0.15) is 50.2 Å². The van der Waals surface area contributed by atoms with Crippen molar-refractivity contribution in [3.63, 3.8) is 0 Å². The second kappa shape index (κ2) is 12.3. The average Bonchev–Trinajstić information content (AvgIpc) is 3.11. The predicted molar refractivity (Wildman–Crippen MR) is 120 cm³/mol. The lowest BCUT2D eigenvalue weighted by Gasteiger charge is -2.30. The van der Waals surface area contributed by atoms with Crippen molar-refractivity contribution < 1.29 is 17.4 Å². The average molecular weight is 552 g/mol. The Balaban J connectivity index is 0.00000392. The number of guanidine groups is 1. The van der Waals surface area contributed by atoms with Crippen molar-refractivity contribution in [3.05, 3.63) is 16.1 Å². The second-order valence-electron chi connectivity index (χ2n) is 6.43. The van der Waals surface area contributed by atoms with Gasteiger partial charge >= 0.3 is 6.18 Å². The SMILES string of the molecule is CCNC(=NCCc1nc(C(F)(F)F)cs1)NC1CCCC(S(=O)CC)C1.I. The summed E-state index contributed by atoms with van der Waals surface area (Å²) in [6.07, 6.45) is -0.144. The van der Waals surface area contributed by atoms with Gasteiger partial charge in [0.2, 0.25) is 0 Å². The zero-order valence-corrected chi connectivity index (χ0v) is 20.0. The van der Waals surface area contributed by atoms with Gasteiger partial charge in [0.25, 0.3) is 0 Å². The summed E-state index contributed by atoms with van der Waals surface area (Å²) < 4.78 is 49.9. The van der Waals surface area contributed by atoms with Gasteiger partial charge in [0, 0.05) is 52.7 Å². The molecule has 0 amide bonds. The van der Waals surface area contributed by atoms with E-state index in [1.807, 2.05) is 13.8 Å². The van der Waals surface area contributed by atoms with Crippen LogP contribution >= 0.6 is 35.3 Å². The van der Waals surface area contributed by atoms with Crippen LogP contribution in [0.15, 0.2) is 10.4 Å². The highest BCUT2D eigenvalue weighted by Gasteiger charge is 2.33. The summed E-state index contributed by atoms with van der Waals surface area (Å²) in [4.78, 5) is 8.10. The summed E-state index contributed by atoms with van der Waals surface area (Å²) >= 11 is 1.01. The minimum Gasteiger partial charge on any atom is -0.357 e. The topological polar surface area (TPSA) is 66.4 Å². The van der Waals surface area contributed by atoms with Crippen LogP contribution in [0.2, 0.25) is 0 Å². The van der Waals surface area contributed by atoms with Crippen LogP contribution in [0.25, 0.3) is 0 Å². The van der Waals surface area contributed by atoms with Crippen molar-refractivity contribution >= 4 is 52.1 Å². The lowest BCUT2D eigenvalue weighted by Crippen LogP contribution is -2.46. The Labute approximate surface area is 187 Å². The van der Waals surface area contributed by atoms with E-state index < -0.39 is 22.7 Å². The molecule has 1 saturated carbocycles. The zero-order valence-electron chi connectivity index (χ0n) is 16.1. The number of nitrogens with zero attached hydrogens (tertiary/aromatic N) is 2. The smallest absolute Gasteiger partial charge is 0.357 e. The first kappa shape index (κ1) is 25.6. The highest BCUT2D eigenvalue weighted by molar-refractivity contribution is 14.0. The minimum atomic E-state index is -4.40. The zero-order chi connectivity index (χ0) is 19.9. The summed E-state index contributed by atoms with van der Waals surface area (Å²) in [6.45, 7) is 4.96. The Morgan fingerprint density at radius 3 is 2.75 bits per heavy atom. The Bertz CT molecular complexity index is 655. The maximum absolute atomic E-state index is 12.6. The summed E-state index contributed by atoms with van der Waals surface area (Å²) in [7, 11) is -0.787. The molecule has 1 fully saturated rings. The number of nitrogens with one attached hydrogen (secondary N) is 2. The van der Waals surface area contributed by atoms with E-state index in [9.17, 15) is 17.4 Å². The quantitative estimate of drug-likeness (QED) is 0.306. The lowest BCUT2D eigenvalue weighted by atomic mass is 9.95. The van der Waals surface area contributed by atoms with E-state index in [0.717, 1.165) is 42.4 Å². The molecule has 1 aromatic rings. The number of hydrogen-bond donors (Lipinski definition) is 2. The highest BCUT2D eigenvalue weighted by Crippen LogP contribution is 2.30. The maximum atomic E-state index is 12.6. The van der Waals surface area contributed by atoms with Gasteiger partial charge in [-0.3, -0.25) is 9.20 Å². The van der Waals surface area contributed by atoms with Crippen LogP contribution < -0.4 is 10.6 Å². The molecule has 1 aliphatic carbocycles. The van der Waals surface area contributed by atoms with Crippen LogP contribution in [-0.2, 0) is 23.4 Å². The molecule has 3 unspecified atom stereocenters. The number of aromatic nitrogens is 1. The number of rotatable bonds is 7. The molecule has 2 N–H and O–H groups in total. The molecule has 1 aliphatic rings. The molecule has 0 aliphatic heterocycles. The van der Waals surface area contributed by atoms with E-state index >= 15 is 0 Å². The number of thiazole rings is 1. The highest BCUT2D eigenvalue weighted by atomic mass is 127. The van der Waals surface area contributed by atoms with E-state index in [0.29, 0.717) is 36.2 Å². The molecule has 1 aromatic heterocycles. The standard InChI is InChI=1S/C17H27F3N4OS2.HI/c1-3-21-16(23-12-6-5-7-13(10-12)27(25)4-2)22-9-8-15-24-14(11-26-15)17(18,19)20;/h11-13H,3-10H2,1-2H3,(H2,21,22,23);1H. The second-order valence-corrected chi connectivity index (χ2v) is 9.38. The molecule has 5 nitrogen and oxygen atoms in total. The summed E-state index contributed by atoms with van der Waals surface area (Å²) in [5.74, 6) is 1.33. The number of hydrogen-bond acceptors (Lipinski definition) is 4. The third-order valence-electron chi connectivity index (χ3n) is 4.41. The Morgan fingerprint density at radius 2 is 2.14 bits per heavy atom. The molecule has 162 valence electrons. The minimum absolute atomic E-state index is 0. The Kier molecular flexibility index (Phi) is 11.3. The molecule has 0 bridgehead atoms. The molecule has 0 aromatic carbocycles.